The van der Waals surface area contributed by atoms with E-state index in [9.17, 15) is 9.59 Å². The Bertz CT molecular complexity index is 640. The Morgan fingerprint density at radius 1 is 1.19 bits per heavy atom. The van der Waals surface area contributed by atoms with Crippen molar-refractivity contribution in [3.05, 3.63) is 45.1 Å². The van der Waals surface area contributed by atoms with Crippen LogP contribution in [0.3, 0.4) is 0 Å². The van der Waals surface area contributed by atoms with Crippen molar-refractivity contribution in [3.8, 4) is 0 Å². The fraction of sp³-hybridized carbons (Fsp3) is 0.143. The van der Waals surface area contributed by atoms with Gasteiger partial charge in [0.15, 0.2) is 0 Å². The van der Waals surface area contributed by atoms with Gasteiger partial charge in [-0.2, -0.15) is 0 Å². The van der Waals surface area contributed by atoms with E-state index in [0.29, 0.717) is 16.9 Å². The van der Waals surface area contributed by atoms with Gasteiger partial charge in [-0.1, -0.05) is 0 Å². The third-order valence-electron chi connectivity index (χ3n) is 2.53. The molecule has 2 rings (SSSR count). The Morgan fingerprint density at radius 2 is 1.81 bits per heavy atom. The lowest BCUT2D eigenvalue weighted by Gasteiger charge is -2.07. The van der Waals surface area contributed by atoms with Crippen LogP contribution in [0.5, 0.6) is 0 Å². The molecular weight excluding hydrogens is 356 g/mol. The summed E-state index contributed by atoms with van der Waals surface area (Å²) in [6.07, 6.45) is 0. The zero-order chi connectivity index (χ0) is 15.2. The molecule has 1 aromatic carbocycles. The number of thiophene rings is 1. The first-order chi connectivity index (χ1) is 10.1. The number of hydrogen-bond donors (Lipinski definition) is 2. The van der Waals surface area contributed by atoms with Gasteiger partial charge in [-0.3, -0.25) is 9.59 Å². The molecule has 0 unspecified atom stereocenters. The third kappa shape index (κ3) is 4.66. The highest BCUT2D eigenvalue weighted by molar-refractivity contribution is 9.11. The van der Waals surface area contributed by atoms with E-state index < -0.39 is 0 Å². The number of rotatable bonds is 5. The SMILES string of the molecule is COCC(=O)Nc1ccc(NC(=O)c2csc(Br)c2)cc1. The number of carbonyl (C=O) groups is 2. The predicted molar refractivity (Wildman–Crippen MR) is 86.9 cm³/mol. The van der Waals surface area contributed by atoms with Crippen molar-refractivity contribution in [1.29, 1.82) is 0 Å². The second-order valence-electron chi connectivity index (χ2n) is 4.15. The van der Waals surface area contributed by atoms with Crippen LogP contribution in [0, 0.1) is 0 Å². The molecule has 0 aliphatic rings. The van der Waals surface area contributed by atoms with Gasteiger partial charge < -0.3 is 15.4 Å². The van der Waals surface area contributed by atoms with Crippen molar-refractivity contribution in [2.75, 3.05) is 24.4 Å². The lowest BCUT2D eigenvalue weighted by Crippen LogP contribution is -2.17. The van der Waals surface area contributed by atoms with E-state index in [1.54, 1.807) is 35.7 Å². The van der Waals surface area contributed by atoms with Gasteiger partial charge in [-0.25, -0.2) is 0 Å². The highest BCUT2D eigenvalue weighted by atomic mass is 79.9. The predicted octanol–water partition coefficient (Wildman–Crippen LogP) is 3.35. The molecule has 1 heterocycles. The first-order valence-electron chi connectivity index (χ1n) is 6.02. The van der Waals surface area contributed by atoms with Crippen molar-refractivity contribution in [1.82, 2.24) is 0 Å². The number of halogens is 1. The van der Waals surface area contributed by atoms with Crippen LogP contribution in [0.4, 0.5) is 11.4 Å². The van der Waals surface area contributed by atoms with Gasteiger partial charge >= 0.3 is 0 Å². The molecule has 110 valence electrons. The summed E-state index contributed by atoms with van der Waals surface area (Å²) < 4.78 is 5.64. The molecule has 2 amide bonds. The number of carbonyl (C=O) groups excluding carboxylic acids is 2. The van der Waals surface area contributed by atoms with E-state index in [1.165, 1.54) is 18.4 Å². The van der Waals surface area contributed by atoms with Crippen LogP contribution in [0.15, 0.2) is 39.5 Å². The summed E-state index contributed by atoms with van der Waals surface area (Å²) >= 11 is 4.77. The Kier molecular flexibility index (Phi) is 5.49. The molecular formula is C14H13BrN2O3S. The molecule has 2 aromatic rings. The van der Waals surface area contributed by atoms with E-state index in [-0.39, 0.29) is 18.4 Å². The number of benzene rings is 1. The number of anilines is 2. The zero-order valence-electron chi connectivity index (χ0n) is 11.2. The summed E-state index contributed by atoms with van der Waals surface area (Å²) in [5.74, 6) is -0.398. The van der Waals surface area contributed by atoms with E-state index in [1.807, 2.05) is 0 Å². The molecule has 0 saturated carbocycles. The lowest BCUT2D eigenvalue weighted by molar-refractivity contribution is -0.119. The smallest absolute Gasteiger partial charge is 0.256 e. The minimum Gasteiger partial charge on any atom is -0.375 e. The second-order valence-corrected chi connectivity index (χ2v) is 6.44. The van der Waals surface area contributed by atoms with Crippen molar-refractivity contribution in [2.45, 2.75) is 0 Å². The van der Waals surface area contributed by atoms with Gasteiger partial charge in [-0.15, -0.1) is 11.3 Å². The molecule has 0 atom stereocenters. The monoisotopic (exact) mass is 368 g/mol. The second kappa shape index (κ2) is 7.35. The Labute approximate surface area is 134 Å². The highest BCUT2D eigenvalue weighted by Crippen LogP contribution is 2.22. The average Bonchev–Trinajstić information content (AvgIpc) is 2.88. The Balaban J connectivity index is 1.96. The van der Waals surface area contributed by atoms with Crippen molar-refractivity contribution in [3.63, 3.8) is 0 Å². The molecule has 0 aliphatic heterocycles. The summed E-state index contributed by atoms with van der Waals surface area (Å²) in [4.78, 5) is 23.3. The molecule has 0 bridgehead atoms. The molecule has 7 heteroatoms. The fourth-order valence-corrected chi connectivity index (χ4v) is 2.73. The topological polar surface area (TPSA) is 67.4 Å². The summed E-state index contributed by atoms with van der Waals surface area (Å²) in [6, 6.07) is 8.64. The quantitative estimate of drug-likeness (QED) is 0.850. The average molecular weight is 369 g/mol. The molecule has 0 aliphatic carbocycles. The van der Waals surface area contributed by atoms with Crippen LogP contribution in [0.1, 0.15) is 10.4 Å². The number of methoxy groups -OCH3 is 1. The van der Waals surface area contributed by atoms with E-state index in [2.05, 4.69) is 26.6 Å². The van der Waals surface area contributed by atoms with Crippen LogP contribution in [0.2, 0.25) is 0 Å². The lowest BCUT2D eigenvalue weighted by atomic mass is 10.2. The Hall–Kier alpha value is -1.70. The molecule has 21 heavy (non-hydrogen) atoms. The summed E-state index contributed by atoms with van der Waals surface area (Å²) in [6.45, 7) is 0.00548. The fourth-order valence-electron chi connectivity index (χ4n) is 1.60. The summed E-state index contributed by atoms with van der Waals surface area (Å²) in [5, 5.41) is 7.24. The van der Waals surface area contributed by atoms with Crippen molar-refractivity contribution >= 4 is 50.5 Å². The van der Waals surface area contributed by atoms with Gasteiger partial charge in [0.2, 0.25) is 5.91 Å². The standard InChI is InChI=1S/C14H13BrN2O3S/c1-20-7-13(18)16-10-2-4-11(5-3-10)17-14(19)9-6-12(15)21-8-9/h2-6,8H,7H2,1H3,(H,16,18)(H,17,19). The van der Waals surface area contributed by atoms with E-state index in [0.717, 1.165) is 3.79 Å². The number of nitrogens with one attached hydrogen (secondary N) is 2. The number of amides is 2. The molecule has 1 aromatic heterocycles. The Morgan fingerprint density at radius 3 is 2.33 bits per heavy atom. The minimum absolute atomic E-state index is 0.00548. The van der Waals surface area contributed by atoms with E-state index >= 15 is 0 Å². The molecule has 0 radical (unpaired) electrons. The van der Waals surface area contributed by atoms with Gasteiger partial charge in [0.05, 0.1) is 9.35 Å². The highest BCUT2D eigenvalue weighted by Gasteiger charge is 2.08. The summed E-state index contributed by atoms with van der Waals surface area (Å²) in [7, 11) is 1.46. The first-order valence-corrected chi connectivity index (χ1v) is 7.70. The molecule has 5 nitrogen and oxygen atoms in total. The van der Waals surface area contributed by atoms with Gasteiger partial charge in [0, 0.05) is 23.9 Å². The van der Waals surface area contributed by atoms with Crippen molar-refractivity contribution in [2.24, 2.45) is 0 Å². The number of hydrogen-bond acceptors (Lipinski definition) is 4. The third-order valence-corrected chi connectivity index (χ3v) is 4.04. The van der Waals surface area contributed by atoms with Gasteiger partial charge in [0.25, 0.3) is 5.91 Å². The first kappa shape index (κ1) is 15.7. The minimum atomic E-state index is -0.225. The van der Waals surface area contributed by atoms with Crippen LogP contribution in [0.25, 0.3) is 0 Å². The molecule has 0 saturated heterocycles. The largest absolute Gasteiger partial charge is 0.375 e. The van der Waals surface area contributed by atoms with E-state index in [4.69, 9.17) is 4.74 Å². The van der Waals surface area contributed by atoms with Crippen LogP contribution < -0.4 is 10.6 Å². The maximum atomic E-state index is 12.0. The molecule has 0 fully saturated rings. The molecule has 2 N–H and O–H groups in total. The van der Waals surface area contributed by atoms with Crippen LogP contribution in [-0.4, -0.2) is 25.5 Å². The van der Waals surface area contributed by atoms with Crippen molar-refractivity contribution < 1.29 is 14.3 Å². The van der Waals surface area contributed by atoms with Crippen LogP contribution >= 0.6 is 27.3 Å². The zero-order valence-corrected chi connectivity index (χ0v) is 13.6. The number of ether oxygens (including phenoxy) is 1. The maximum Gasteiger partial charge on any atom is 0.256 e. The normalized spacial score (nSPS) is 10.2. The summed E-state index contributed by atoms with van der Waals surface area (Å²) in [5.41, 5.74) is 1.91. The van der Waals surface area contributed by atoms with Crippen LogP contribution in [-0.2, 0) is 9.53 Å². The van der Waals surface area contributed by atoms with Gasteiger partial charge in [-0.05, 0) is 46.3 Å². The van der Waals surface area contributed by atoms with Gasteiger partial charge in [0.1, 0.15) is 6.61 Å². The molecule has 0 spiro atoms. The maximum absolute atomic E-state index is 12.0.